The fourth-order valence-corrected chi connectivity index (χ4v) is 4.59. The van der Waals surface area contributed by atoms with Crippen LogP contribution in [0.5, 0.6) is 11.5 Å². The van der Waals surface area contributed by atoms with E-state index in [0.717, 1.165) is 11.1 Å². The highest BCUT2D eigenvalue weighted by atomic mass is 32.2. The Hall–Kier alpha value is -2.84. The molecule has 0 aliphatic carbocycles. The summed E-state index contributed by atoms with van der Waals surface area (Å²) in [4.78, 5) is 27.0. The van der Waals surface area contributed by atoms with E-state index in [4.69, 9.17) is 21.7 Å². The summed E-state index contributed by atoms with van der Waals surface area (Å²) in [6.07, 6.45) is 1.79. The van der Waals surface area contributed by atoms with Crippen molar-refractivity contribution in [1.82, 2.24) is 10.2 Å². The summed E-state index contributed by atoms with van der Waals surface area (Å²) in [5.41, 5.74) is 1.81. The standard InChI is InChI=1S/C24H26N2O4S2/c1-4-29-20-12-18(13-21-23(28)26(16(2)3)24(31)32-21)10-11-19(20)30-15-22(27)25-14-17-8-6-5-7-9-17/h5-13,16H,4,14-15H2,1-3H3,(H,25,27)/b21-13-. The van der Waals surface area contributed by atoms with Crippen LogP contribution in [-0.2, 0) is 16.1 Å². The van der Waals surface area contributed by atoms with Crippen LogP contribution in [0.3, 0.4) is 0 Å². The van der Waals surface area contributed by atoms with E-state index in [1.54, 1.807) is 23.1 Å². The fraction of sp³-hybridized carbons (Fsp3) is 0.292. The summed E-state index contributed by atoms with van der Waals surface area (Å²) in [6, 6.07) is 15.0. The maximum atomic E-state index is 12.6. The molecule has 2 aromatic rings. The van der Waals surface area contributed by atoms with Crippen LogP contribution in [0.2, 0.25) is 0 Å². The Morgan fingerprint density at radius 2 is 1.91 bits per heavy atom. The molecule has 1 N–H and O–H groups in total. The summed E-state index contributed by atoms with van der Waals surface area (Å²) in [7, 11) is 0. The van der Waals surface area contributed by atoms with Gasteiger partial charge >= 0.3 is 0 Å². The molecular formula is C24H26N2O4S2. The first-order valence-corrected chi connectivity index (χ1v) is 11.6. The van der Waals surface area contributed by atoms with Crippen LogP contribution >= 0.6 is 24.0 Å². The second-order valence-electron chi connectivity index (χ2n) is 7.34. The van der Waals surface area contributed by atoms with E-state index < -0.39 is 0 Å². The van der Waals surface area contributed by atoms with Crippen LogP contribution in [-0.4, -0.2) is 40.3 Å². The number of thioether (sulfide) groups is 1. The van der Waals surface area contributed by atoms with Crippen molar-refractivity contribution in [2.24, 2.45) is 0 Å². The lowest BCUT2D eigenvalue weighted by molar-refractivity contribution is -0.124. The Morgan fingerprint density at radius 3 is 2.56 bits per heavy atom. The number of amides is 2. The van der Waals surface area contributed by atoms with Crippen molar-refractivity contribution in [3.05, 3.63) is 64.6 Å². The van der Waals surface area contributed by atoms with Crippen molar-refractivity contribution >= 4 is 46.2 Å². The Labute approximate surface area is 198 Å². The van der Waals surface area contributed by atoms with E-state index in [0.29, 0.717) is 33.9 Å². The molecule has 0 spiro atoms. The van der Waals surface area contributed by atoms with Gasteiger partial charge in [-0.05, 0) is 50.1 Å². The average Bonchev–Trinajstić information content (AvgIpc) is 3.05. The fourth-order valence-electron chi connectivity index (χ4n) is 3.07. The zero-order valence-electron chi connectivity index (χ0n) is 18.3. The number of ether oxygens (including phenoxy) is 2. The molecule has 0 atom stereocenters. The van der Waals surface area contributed by atoms with Crippen molar-refractivity contribution in [3.8, 4) is 11.5 Å². The zero-order chi connectivity index (χ0) is 23.1. The quantitative estimate of drug-likeness (QED) is 0.433. The Bertz CT molecular complexity index is 1020. The van der Waals surface area contributed by atoms with Gasteiger partial charge in [-0.3, -0.25) is 14.5 Å². The molecule has 1 heterocycles. The molecule has 1 saturated heterocycles. The summed E-state index contributed by atoms with van der Waals surface area (Å²) >= 11 is 6.62. The number of carbonyl (C=O) groups excluding carboxylic acids is 2. The Balaban J connectivity index is 1.66. The van der Waals surface area contributed by atoms with Crippen molar-refractivity contribution in [2.45, 2.75) is 33.4 Å². The molecule has 0 saturated carbocycles. The van der Waals surface area contributed by atoms with Gasteiger partial charge in [-0.15, -0.1) is 0 Å². The van der Waals surface area contributed by atoms with Crippen molar-refractivity contribution in [3.63, 3.8) is 0 Å². The molecule has 6 nitrogen and oxygen atoms in total. The van der Waals surface area contributed by atoms with Gasteiger partial charge in [0.1, 0.15) is 4.32 Å². The zero-order valence-corrected chi connectivity index (χ0v) is 19.9. The van der Waals surface area contributed by atoms with Crippen LogP contribution in [0.25, 0.3) is 6.08 Å². The molecule has 0 aromatic heterocycles. The third kappa shape index (κ3) is 6.11. The summed E-state index contributed by atoms with van der Waals surface area (Å²) in [6.45, 7) is 6.49. The lowest BCUT2D eigenvalue weighted by Crippen LogP contribution is -2.34. The van der Waals surface area contributed by atoms with Gasteiger partial charge in [0, 0.05) is 12.6 Å². The number of hydrogen-bond acceptors (Lipinski definition) is 6. The topological polar surface area (TPSA) is 67.9 Å². The number of carbonyl (C=O) groups is 2. The smallest absolute Gasteiger partial charge is 0.266 e. The third-order valence-electron chi connectivity index (χ3n) is 4.60. The van der Waals surface area contributed by atoms with Crippen LogP contribution in [0.1, 0.15) is 31.9 Å². The van der Waals surface area contributed by atoms with E-state index in [-0.39, 0.29) is 24.5 Å². The maximum Gasteiger partial charge on any atom is 0.266 e. The molecule has 8 heteroatoms. The van der Waals surface area contributed by atoms with Crippen molar-refractivity contribution < 1.29 is 19.1 Å². The molecular weight excluding hydrogens is 444 g/mol. The number of nitrogens with one attached hydrogen (secondary N) is 1. The SMILES string of the molecule is CCOc1cc(/C=C2\SC(=S)N(C(C)C)C2=O)ccc1OCC(=O)NCc1ccccc1. The predicted molar refractivity (Wildman–Crippen MR) is 132 cm³/mol. The highest BCUT2D eigenvalue weighted by molar-refractivity contribution is 8.26. The Morgan fingerprint density at radius 1 is 1.16 bits per heavy atom. The average molecular weight is 471 g/mol. The lowest BCUT2D eigenvalue weighted by Gasteiger charge is -2.18. The normalized spacial score (nSPS) is 14.9. The van der Waals surface area contributed by atoms with Gasteiger partial charge in [0.25, 0.3) is 11.8 Å². The second kappa shape index (κ2) is 11.2. The molecule has 1 aliphatic rings. The van der Waals surface area contributed by atoms with E-state index in [9.17, 15) is 9.59 Å². The lowest BCUT2D eigenvalue weighted by atomic mass is 10.1. The van der Waals surface area contributed by atoms with Crippen LogP contribution in [0, 0.1) is 0 Å². The number of hydrogen-bond donors (Lipinski definition) is 1. The monoisotopic (exact) mass is 470 g/mol. The van der Waals surface area contributed by atoms with Gasteiger partial charge in [-0.25, -0.2) is 0 Å². The van der Waals surface area contributed by atoms with Crippen LogP contribution in [0.15, 0.2) is 53.4 Å². The van der Waals surface area contributed by atoms with Crippen LogP contribution in [0.4, 0.5) is 0 Å². The number of nitrogens with zero attached hydrogens (tertiary/aromatic N) is 1. The van der Waals surface area contributed by atoms with E-state index in [2.05, 4.69) is 5.32 Å². The van der Waals surface area contributed by atoms with E-state index in [1.807, 2.05) is 57.2 Å². The highest BCUT2D eigenvalue weighted by Crippen LogP contribution is 2.35. The molecule has 0 radical (unpaired) electrons. The van der Waals surface area contributed by atoms with Gasteiger partial charge in [0.05, 0.1) is 11.5 Å². The first kappa shape index (κ1) is 23.8. The largest absolute Gasteiger partial charge is 0.490 e. The van der Waals surface area contributed by atoms with Crippen LogP contribution < -0.4 is 14.8 Å². The van der Waals surface area contributed by atoms with Crippen molar-refractivity contribution in [1.29, 1.82) is 0 Å². The molecule has 32 heavy (non-hydrogen) atoms. The van der Waals surface area contributed by atoms with Gasteiger partial charge in [-0.2, -0.15) is 0 Å². The van der Waals surface area contributed by atoms with Gasteiger partial charge in [0.2, 0.25) is 0 Å². The number of rotatable bonds is 9. The third-order valence-corrected chi connectivity index (χ3v) is 5.93. The molecule has 0 bridgehead atoms. The van der Waals surface area contributed by atoms with E-state index >= 15 is 0 Å². The predicted octanol–water partition coefficient (Wildman–Crippen LogP) is 4.39. The second-order valence-corrected chi connectivity index (χ2v) is 9.01. The van der Waals surface area contributed by atoms with Gasteiger partial charge in [0.15, 0.2) is 18.1 Å². The maximum absolute atomic E-state index is 12.6. The molecule has 1 aliphatic heterocycles. The summed E-state index contributed by atoms with van der Waals surface area (Å²) in [5.74, 6) is 0.658. The highest BCUT2D eigenvalue weighted by Gasteiger charge is 2.33. The number of thiocarbonyl (C=S) groups is 1. The first-order valence-electron chi connectivity index (χ1n) is 10.4. The van der Waals surface area contributed by atoms with E-state index in [1.165, 1.54) is 11.8 Å². The summed E-state index contributed by atoms with van der Waals surface area (Å²) in [5, 5.41) is 2.83. The minimum absolute atomic E-state index is 0.0104. The molecule has 2 amide bonds. The van der Waals surface area contributed by atoms with Gasteiger partial charge < -0.3 is 14.8 Å². The Kier molecular flexibility index (Phi) is 8.30. The molecule has 168 valence electrons. The first-order chi connectivity index (χ1) is 15.4. The molecule has 2 aromatic carbocycles. The molecule has 0 unspecified atom stereocenters. The molecule has 1 fully saturated rings. The minimum atomic E-state index is -0.224. The molecule has 3 rings (SSSR count). The number of benzene rings is 2. The van der Waals surface area contributed by atoms with Gasteiger partial charge in [-0.1, -0.05) is 60.4 Å². The van der Waals surface area contributed by atoms with Crippen molar-refractivity contribution in [2.75, 3.05) is 13.2 Å². The minimum Gasteiger partial charge on any atom is -0.490 e. The summed E-state index contributed by atoms with van der Waals surface area (Å²) < 4.78 is 11.9.